The summed E-state index contributed by atoms with van der Waals surface area (Å²) in [5.74, 6) is 0.753. The van der Waals surface area contributed by atoms with Gasteiger partial charge in [-0.15, -0.1) is 0 Å². The minimum Gasteiger partial charge on any atom is -0.413 e. The molecule has 1 aliphatic heterocycles. The molecule has 0 spiro atoms. The zero-order valence-corrected chi connectivity index (χ0v) is 7.13. The third-order valence-electron chi connectivity index (χ3n) is 1.72. The Kier molecular flexibility index (Phi) is 2.17. The lowest BCUT2D eigenvalue weighted by atomic mass is 10.3. The topological polar surface area (TPSA) is 29.5 Å². The van der Waals surface area contributed by atoms with Gasteiger partial charge in [0.1, 0.15) is 5.76 Å². The summed E-state index contributed by atoms with van der Waals surface area (Å²) >= 11 is 0. The van der Waals surface area contributed by atoms with Gasteiger partial charge in [0, 0.05) is 6.04 Å². The highest BCUT2D eigenvalue weighted by molar-refractivity contribution is 5.72. The van der Waals surface area contributed by atoms with E-state index in [1.165, 1.54) is 0 Å². The van der Waals surface area contributed by atoms with Gasteiger partial charge in [-0.25, -0.2) is 4.79 Å². The highest BCUT2D eigenvalue weighted by atomic mass is 16.6. The van der Waals surface area contributed by atoms with Gasteiger partial charge in [-0.1, -0.05) is 0 Å². The second-order valence-corrected chi connectivity index (χ2v) is 2.84. The first kappa shape index (κ1) is 8.11. The molecule has 62 valence electrons. The number of cyclic esters (lactones) is 1. The van der Waals surface area contributed by atoms with Gasteiger partial charge in [0.05, 0.1) is 6.54 Å². The minimum atomic E-state index is -0.229. The van der Waals surface area contributed by atoms with Gasteiger partial charge in [0.15, 0.2) is 0 Å². The molecule has 0 unspecified atom stereocenters. The summed E-state index contributed by atoms with van der Waals surface area (Å²) in [6.45, 7) is 6.43. The molecular formula is C8H13NO2. The first-order valence-corrected chi connectivity index (χ1v) is 3.78. The Bertz CT molecular complexity index is 196. The van der Waals surface area contributed by atoms with Crippen LogP contribution in [0, 0.1) is 0 Å². The number of carbonyl (C=O) groups excluding carboxylic acids is 1. The molecule has 0 atom stereocenters. The molecule has 0 N–H and O–H groups in total. The van der Waals surface area contributed by atoms with Gasteiger partial charge in [-0.3, -0.25) is 4.90 Å². The van der Waals surface area contributed by atoms with E-state index in [1.807, 2.05) is 26.8 Å². The molecule has 1 fully saturated rings. The van der Waals surface area contributed by atoms with Gasteiger partial charge in [-0.05, 0) is 26.8 Å². The smallest absolute Gasteiger partial charge is 0.413 e. The van der Waals surface area contributed by atoms with Crippen molar-refractivity contribution in [1.29, 1.82) is 0 Å². The van der Waals surface area contributed by atoms with E-state index in [4.69, 9.17) is 4.74 Å². The lowest BCUT2D eigenvalue weighted by Crippen LogP contribution is -2.31. The number of rotatable bonds is 1. The summed E-state index contributed by atoms with van der Waals surface area (Å²) in [7, 11) is 0. The van der Waals surface area contributed by atoms with Crippen molar-refractivity contribution in [3.63, 3.8) is 0 Å². The third kappa shape index (κ3) is 1.53. The molecule has 3 heteroatoms. The summed E-state index contributed by atoms with van der Waals surface area (Å²) in [5, 5.41) is 0. The van der Waals surface area contributed by atoms with E-state index in [-0.39, 0.29) is 12.1 Å². The lowest BCUT2D eigenvalue weighted by Gasteiger charge is -2.15. The van der Waals surface area contributed by atoms with Gasteiger partial charge >= 0.3 is 6.09 Å². The highest BCUT2D eigenvalue weighted by Gasteiger charge is 2.27. The maximum Gasteiger partial charge on any atom is 0.415 e. The van der Waals surface area contributed by atoms with Crippen molar-refractivity contribution in [1.82, 2.24) is 4.90 Å². The predicted molar refractivity (Wildman–Crippen MR) is 42.1 cm³/mol. The van der Waals surface area contributed by atoms with Crippen LogP contribution in [0.15, 0.2) is 11.8 Å². The zero-order valence-electron chi connectivity index (χ0n) is 7.13. The quantitative estimate of drug-likeness (QED) is 0.577. The Labute approximate surface area is 66.6 Å². The van der Waals surface area contributed by atoms with E-state index >= 15 is 0 Å². The summed E-state index contributed by atoms with van der Waals surface area (Å²) < 4.78 is 4.93. The first-order chi connectivity index (χ1) is 5.15. The van der Waals surface area contributed by atoms with E-state index in [2.05, 4.69) is 0 Å². The van der Waals surface area contributed by atoms with E-state index in [0.29, 0.717) is 6.54 Å². The molecular weight excluding hydrogens is 142 g/mol. The van der Waals surface area contributed by atoms with Gasteiger partial charge in [-0.2, -0.15) is 0 Å². The molecule has 1 saturated heterocycles. The van der Waals surface area contributed by atoms with Crippen LogP contribution in [0.5, 0.6) is 0 Å². The van der Waals surface area contributed by atoms with E-state index < -0.39 is 0 Å². The van der Waals surface area contributed by atoms with Crippen molar-refractivity contribution in [2.45, 2.75) is 26.8 Å². The molecule has 1 amide bonds. The number of nitrogens with zero attached hydrogens (tertiary/aromatic N) is 1. The summed E-state index contributed by atoms with van der Waals surface area (Å²) in [4.78, 5) is 12.7. The monoisotopic (exact) mass is 155 g/mol. The normalized spacial score (nSPS) is 21.6. The summed E-state index contributed by atoms with van der Waals surface area (Å²) in [6.07, 6.45) is 1.59. The molecule has 11 heavy (non-hydrogen) atoms. The fourth-order valence-corrected chi connectivity index (χ4v) is 0.979. The first-order valence-electron chi connectivity index (χ1n) is 3.78. The zero-order chi connectivity index (χ0) is 8.43. The fourth-order valence-electron chi connectivity index (χ4n) is 0.979. The van der Waals surface area contributed by atoms with Crippen LogP contribution in [0.1, 0.15) is 20.8 Å². The molecule has 0 aromatic heterocycles. The fraction of sp³-hybridized carbons (Fsp3) is 0.625. The van der Waals surface area contributed by atoms with E-state index in [9.17, 15) is 4.79 Å². The Morgan fingerprint density at radius 1 is 1.64 bits per heavy atom. The number of carbonyl (C=O) groups is 1. The molecule has 0 saturated carbocycles. The van der Waals surface area contributed by atoms with Crippen molar-refractivity contribution in [3.05, 3.63) is 11.8 Å². The maximum absolute atomic E-state index is 11.0. The highest BCUT2D eigenvalue weighted by Crippen LogP contribution is 2.16. The second kappa shape index (κ2) is 2.95. The summed E-state index contributed by atoms with van der Waals surface area (Å²) in [6, 6.07) is 0.222. The third-order valence-corrected chi connectivity index (χ3v) is 1.72. The molecule has 0 aromatic rings. The molecule has 0 radical (unpaired) electrons. The predicted octanol–water partition coefficient (Wildman–Crippen LogP) is 1.75. The van der Waals surface area contributed by atoms with Crippen LogP contribution < -0.4 is 0 Å². The van der Waals surface area contributed by atoms with Crippen molar-refractivity contribution < 1.29 is 9.53 Å². The van der Waals surface area contributed by atoms with Crippen LogP contribution in [0.3, 0.4) is 0 Å². The number of amides is 1. The molecule has 0 aliphatic carbocycles. The standard InChI is InChI=1S/C8H13NO2/c1-4-7-5-9(6(2)3)8(10)11-7/h4,6H,5H2,1-3H3/b7-4+. The van der Waals surface area contributed by atoms with E-state index in [1.54, 1.807) is 4.90 Å². The number of hydrogen-bond donors (Lipinski definition) is 0. The number of ether oxygens (including phenoxy) is 1. The van der Waals surface area contributed by atoms with Crippen molar-refractivity contribution in [2.75, 3.05) is 6.54 Å². The molecule has 3 nitrogen and oxygen atoms in total. The van der Waals surface area contributed by atoms with Crippen molar-refractivity contribution in [3.8, 4) is 0 Å². The van der Waals surface area contributed by atoms with Crippen LogP contribution in [-0.2, 0) is 4.74 Å². The van der Waals surface area contributed by atoms with Gasteiger partial charge < -0.3 is 4.74 Å². The Balaban J connectivity index is 2.66. The average molecular weight is 155 g/mol. The summed E-state index contributed by atoms with van der Waals surface area (Å²) in [5.41, 5.74) is 0. The van der Waals surface area contributed by atoms with Crippen molar-refractivity contribution in [2.24, 2.45) is 0 Å². The van der Waals surface area contributed by atoms with Crippen LogP contribution in [0.4, 0.5) is 4.79 Å². The Hall–Kier alpha value is -0.990. The lowest BCUT2D eigenvalue weighted by molar-refractivity contribution is 0.160. The molecule has 0 bridgehead atoms. The van der Waals surface area contributed by atoms with Crippen molar-refractivity contribution >= 4 is 6.09 Å². The molecule has 1 rings (SSSR count). The maximum atomic E-state index is 11.0. The number of allylic oxidation sites excluding steroid dienone is 1. The van der Waals surface area contributed by atoms with Crippen LogP contribution >= 0.6 is 0 Å². The van der Waals surface area contributed by atoms with E-state index in [0.717, 1.165) is 5.76 Å². The number of hydrogen-bond acceptors (Lipinski definition) is 2. The van der Waals surface area contributed by atoms with Crippen LogP contribution in [0.25, 0.3) is 0 Å². The average Bonchev–Trinajstić information content (AvgIpc) is 2.30. The Morgan fingerprint density at radius 3 is 2.55 bits per heavy atom. The largest absolute Gasteiger partial charge is 0.415 e. The SMILES string of the molecule is C/C=C1\CN(C(C)C)C(=O)O1. The van der Waals surface area contributed by atoms with Crippen LogP contribution in [-0.4, -0.2) is 23.6 Å². The minimum absolute atomic E-state index is 0.222. The molecule has 1 aliphatic rings. The Morgan fingerprint density at radius 2 is 2.27 bits per heavy atom. The second-order valence-electron chi connectivity index (χ2n) is 2.84. The van der Waals surface area contributed by atoms with Crippen LogP contribution in [0.2, 0.25) is 0 Å². The van der Waals surface area contributed by atoms with Gasteiger partial charge in [0.25, 0.3) is 0 Å². The van der Waals surface area contributed by atoms with Gasteiger partial charge in [0.2, 0.25) is 0 Å². The molecule has 0 aromatic carbocycles. The molecule has 1 heterocycles.